The van der Waals surface area contributed by atoms with Crippen molar-refractivity contribution >= 4 is 50.9 Å². The van der Waals surface area contributed by atoms with Crippen LogP contribution in [-0.2, 0) is 14.8 Å². The molecule has 8 heteroatoms. The lowest BCUT2D eigenvalue weighted by Crippen LogP contribution is -2.29. The third kappa shape index (κ3) is 5.10. The summed E-state index contributed by atoms with van der Waals surface area (Å²) in [5.74, 6) is -0.680. The molecule has 3 rings (SSSR count). The lowest BCUT2D eigenvalue weighted by atomic mass is 9.97. The molecule has 2 aromatic rings. The van der Waals surface area contributed by atoms with E-state index >= 15 is 0 Å². The van der Waals surface area contributed by atoms with Crippen LogP contribution >= 0.6 is 35.0 Å². The molecule has 0 radical (unpaired) electrons. The predicted octanol–water partition coefficient (Wildman–Crippen LogP) is 5.93. The molecule has 2 atom stereocenters. The van der Waals surface area contributed by atoms with Crippen LogP contribution in [0.1, 0.15) is 37.8 Å². The molecule has 0 N–H and O–H groups in total. The SMILES string of the molecule is Cc1ccc(S(=O)(=O)/N=C2\O[C@H](SC(C)(C)C)[C@@H](c3ccccc3)C2(Cl)Cl)cc1. The maximum absolute atomic E-state index is 12.8. The van der Waals surface area contributed by atoms with E-state index in [9.17, 15) is 8.42 Å². The summed E-state index contributed by atoms with van der Waals surface area (Å²) < 4.78 is 33.8. The van der Waals surface area contributed by atoms with Gasteiger partial charge in [-0.15, -0.1) is 16.2 Å². The molecule has 29 heavy (non-hydrogen) atoms. The van der Waals surface area contributed by atoms with Gasteiger partial charge < -0.3 is 4.74 Å². The Kier molecular flexibility index (Phi) is 6.31. The summed E-state index contributed by atoms with van der Waals surface area (Å²) in [6, 6.07) is 15.9. The van der Waals surface area contributed by atoms with Crippen LogP contribution in [0, 0.1) is 6.92 Å². The summed E-state index contributed by atoms with van der Waals surface area (Å²) in [5.41, 5.74) is 1.32. The van der Waals surface area contributed by atoms with Crippen LogP contribution in [0.2, 0.25) is 0 Å². The smallest absolute Gasteiger partial charge is 0.285 e. The highest BCUT2D eigenvalue weighted by Gasteiger charge is 2.56. The summed E-state index contributed by atoms with van der Waals surface area (Å²) >= 11 is 14.9. The second-order valence-electron chi connectivity index (χ2n) is 7.91. The van der Waals surface area contributed by atoms with Crippen molar-refractivity contribution in [1.82, 2.24) is 0 Å². The number of hydrogen-bond donors (Lipinski definition) is 0. The Morgan fingerprint density at radius 2 is 1.62 bits per heavy atom. The molecule has 1 fully saturated rings. The number of thioether (sulfide) groups is 1. The fourth-order valence-electron chi connectivity index (χ4n) is 2.98. The fourth-order valence-corrected chi connectivity index (χ4v) is 6.21. The molecule has 156 valence electrons. The Bertz CT molecular complexity index is 998. The number of aryl methyl sites for hydroxylation is 1. The van der Waals surface area contributed by atoms with Crippen LogP contribution in [0.25, 0.3) is 0 Å². The highest BCUT2D eigenvalue weighted by Crippen LogP contribution is 2.53. The van der Waals surface area contributed by atoms with Crippen molar-refractivity contribution in [2.45, 2.75) is 53.0 Å². The number of hydrogen-bond acceptors (Lipinski definition) is 4. The number of sulfonamides is 1. The standard InChI is InChI=1S/C21H23Cl2NO3S2/c1-14-10-12-16(13-11-14)29(25,26)24-19-21(22,23)17(15-8-6-5-7-9-15)18(27-19)28-20(2,3)4/h5-13,17-18H,1-4H3/b24-19-/t17-,18-/m1/s1. The van der Waals surface area contributed by atoms with Gasteiger partial charge >= 0.3 is 0 Å². The van der Waals surface area contributed by atoms with Crippen LogP contribution in [0.4, 0.5) is 0 Å². The molecule has 0 unspecified atom stereocenters. The largest absolute Gasteiger partial charge is 0.463 e. The van der Waals surface area contributed by atoms with E-state index in [4.69, 9.17) is 27.9 Å². The van der Waals surface area contributed by atoms with Gasteiger partial charge in [0.1, 0.15) is 0 Å². The van der Waals surface area contributed by atoms with Crippen LogP contribution < -0.4 is 0 Å². The molecule has 1 saturated heterocycles. The lowest BCUT2D eigenvalue weighted by Gasteiger charge is -2.27. The zero-order valence-corrected chi connectivity index (χ0v) is 19.7. The molecule has 2 aromatic carbocycles. The summed E-state index contributed by atoms with van der Waals surface area (Å²) in [6.45, 7) is 8.02. The maximum Gasteiger partial charge on any atom is 0.285 e. The first-order valence-corrected chi connectivity index (χ1v) is 12.2. The molecule has 0 aromatic heterocycles. The zero-order valence-electron chi connectivity index (χ0n) is 16.6. The van der Waals surface area contributed by atoms with E-state index in [0.29, 0.717) is 0 Å². The van der Waals surface area contributed by atoms with Crippen molar-refractivity contribution in [2.24, 2.45) is 4.40 Å². The molecular weight excluding hydrogens is 449 g/mol. The highest BCUT2D eigenvalue weighted by atomic mass is 35.5. The predicted molar refractivity (Wildman–Crippen MR) is 122 cm³/mol. The van der Waals surface area contributed by atoms with Gasteiger partial charge in [0.25, 0.3) is 10.0 Å². The summed E-state index contributed by atoms with van der Waals surface area (Å²) in [7, 11) is -4.02. The van der Waals surface area contributed by atoms with Crippen LogP contribution in [0.5, 0.6) is 0 Å². The van der Waals surface area contributed by atoms with Crippen molar-refractivity contribution in [3.8, 4) is 0 Å². The number of benzene rings is 2. The Hall–Kier alpha value is -1.21. The Balaban J connectivity index is 2.05. The molecule has 1 aliphatic rings. The first kappa shape index (κ1) is 22.5. The monoisotopic (exact) mass is 471 g/mol. The van der Waals surface area contributed by atoms with Crippen molar-refractivity contribution in [3.05, 3.63) is 65.7 Å². The minimum atomic E-state index is -4.02. The normalized spacial score (nSPS) is 23.2. The zero-order chi connectivity index (χ0) is 21.4. The third-order valence-electron chi connectivity index (χ3n) is 4.33. The average molecular weight is 472 g/mol. The summed E-state index contributed by atoms with van der Waals surface area (Å²) in [5, 5.41) is 0. The van der Waals surface area contributed by atoms with Crippen molar-refractivity contribution in [1.29, 1.82) is 0 Å². The maximum atomic E-state index is 12.8. The van der Waals surface area contributed by atoms with Crippen LogP contribution in [-0.4, -0.2) is 28.8 Å². The van der Waals surface area contributed by atoms with E-state index in [2.05, 4.69) is 4.40 Å². The molecule has 0 bridgehead atoms. The van der Waals surface area contributed by atoms with Gasteiger partial charge in [0, 0.05) is 4.75 Å². The van der Waals surface area contributed by atoms with Crippen LogP contribution in [0.15, 0.2) is 63.9 Å². The average Bonchev–Trinajstić information content (AvgIpc) is 2.83. The molecule has 0 spiro atoms. The minimum absolute atomic E-state index is 0.0616. The molecule has 1 aliphatic heterocycles. The van der Waals surface area contributed by atoms with Gasteiger partial charge in [-0.25, -0.2) is 0 Å². The number of nitrogens with zero attached hydrogens (tertiary/aromatic N) is 1. The number of halogens is 2. The molecule has 0 saturated carbocycles. The van der Waals surface area contributed by atoms with Gasteiger partial charge in [-0.05, 0) is 24.6 Å². The lowest BCUT2D eigenvalue weighted by molar-refractivity contribution is 0.291. The van der Waals surface area contributed by atoms with E-state index in [1.165, 1.54) is 23.9 Å². The van der Waals surface area contributed by atoms with Gasteiger partial charge in [0.05, 0.1) is 10.8 Å². The number of alkyl halides is 2. The molecular formula is C21H23Cl2NO3S2. The highest BCUT2D eigenvalue weighted by molar-refractivity contribution is 8.01. The second kappa shape index (κ2) is 8.14. The quantitative estimate of drug-likeness (QED) is 0.518. The molecule has 0 aliphatic carbocycles. The first-order chi connectivity index (χ1) is 13.4. The van der Waals surface area contributed by atoms with Gasteiger partial charge in [-0.3, -0.25) is 0 Å². The van der Waals surface area contributed by atoms with E-state index in [-0.39, 0.29) is 15.5 Å². The fraction of sp³-hybridized carbons (Fsp3) is 0.381. The van der Waals surface area contributed by atoms with Gasteiger partial charge in [0.2, 0.25) is 10.2 Å². The van der Waals surface area contributed by atoms with Crippen molar-refractivity contribution in [2.75, 3.05) is 0 Å². The Morgan fingerprint density at radius 1 is 1.03 bits per heavy atom. The Morgan fingerprint density at radius 3 is 2.17 bits per heavy atom. The third-order valence-corrected chi connectivity index (χ3v) is 7.70. The van der Waals surface area contributed by atoms with E-state index in [0.717, 1.165) is 11.1 Å². The van der Waals surface area contributed by atoms with E-state index in [1.54, 1.807) is 12.1 Å². The second-order valence-corrected chi connectivity index (χ2v) is 12.8. The molecule has 4 nitrogen and oxygen atoms in total. The molecule has 0 amide bonds. The topological polar surface area (TPSA) is 55.7 Å². The van der Waals surface area contributed by atoms with Gasteiger partial charge in [0.15, 0.2) is 5.44 Å². The molecule has 1 heterocycles. The minimum Gasteiger partial charge on any atom is -0.463 e. The summed E-state index contributed by atoms with van der Waals surface area (Å²) in [4.78, 5) is 0.0616. The van der Waals surface area contributed by atoms with Gasteiger partial charge in [-0.2, -0.15) is 8.42 Å². The van der Waals surface area contributed by atoms with Crippen LogP contribution in [0.3, 0.4) is 0 Å². The van der Waals surface area contributed by atoms with E-state index < -0.39 is 25.7 Å². The first-order valence-electron chi connectivity index (χ1n) is 9.09. The number of rotatable bonds is 4. The van der Waals surface area contributed by atoms with Crippen molar-refractivity contribution < 1.29 is 13.2 Å². The number of ether oxygens (including phenoxy) is 1. The van der Waals surface area contributed by atoms with Gasteiger partial charge in [-0.1, -0.05) is 92.0 Å². The summed E-state index contributed by atoms with van der Waals surface area (Å²) in [6.07, 6.45) is 0. The van der Waals surface area contributed by atoms with Crippen molar-refractivity contribution in [3.63, 3.8) is 0 Å². The Labute approximate surface area is 186 Å². The van der Waals surface area contributed by atoms with E-state index in [1.807, 2.05) is 58.0 Å².